The van der Waals surface area contributed by atoms with Crippen LogP contribution in [0.25, 0.3) is 16.8 Å². The molecule has 0 aromatic carbocycles. The van der Waals surface area contributed by atoms with Crippen LogP contribution in [-0.2, 0) is 7.05 Å². The van der Waals surface area contributed by atoms with Crippen molar-refractivity contribution in [3.63, 3.8) is 0 Å². The third-order valence-electron chi connectivity index (χ3n) is 2.73. The lowest BCUT2D eigenvalue weighted by molar-refractivity contribution is 0.414. The van der Waals surface area contributed by atoms with Crippen LogP contribution in [0.5, 0.6) is 5.75 Å². The van der Waals surface area contributed by atoms with E-state index < -0.39 is 0 Å². The number of aryl methyl sites for hydroxylation is 1. The molecule has 5 nitrogen and oxygen atoms in total. The van der Waals surface area contributed by atoms with E-state index in [0.717, 1.165) is 22.5 Å². The quantitative estimate of drug-likeness (QED) is 0.671. The first-order valence-electron chi connectivity index (χ1n) is 5.27. The van der Waals surface area contributed by atoms with Gasteiger partial charge in [-0.2, -0.15) is 5.10 Å². The number of rotatable bonds is 2. The van der Waals surface area contributed by atoms with Gasteiger partial charge < -0.3 is 9.14 Å². The lowest BCUT2D eigenvalue weighted by Gasteiger charge is -2.07. The summed E-state index contributed by atoms with van der Waals surface area (Å²) in [6, 6.07) is 2.00. The third-order valence-corrected chi connectivity index (χ3v) is 2.73. The van der Waals surface area contributed by atoms with E-state index >= 15 is 0 Å². The molecule has 5 heteroatoms. The highest BCUT2D eigenvalue weighted by molar-refractivity contribution is 5.72. The van der Waals surface area contributed by atoms with E-state index in [1.165, 1.54) is 0 Å². The summed E-state index contributed by atoms with van der Waals surface area (Å²) in [6.07, 6.45) is 9.35. The van der Waals surface area contributed by atoms with E-state index in [2.05, 4.69) is 10.1 Å². The maximum atomic E-state index is 5.40. The average molecular weight is 228 g/mol. The molecule has 0 N–H and O–H groups in total. The van der Waals surface area contributed by atoms with Crippen LogP contribution in [0.2, 0.25) is 0 Å². The second kappa shape index (κ2) is 3.62. The Hall–Kier alpha value is -2.30. The molecule has 17 heavy (non-hydrogen) atoms. The lowest BCUT2D eigenvalue weighted by Crippen LogP contribution is -1.92. The zero-order chi connectivity index (χ0) is 11.8. The van der Waals surface area contributed by atoms with E-state index in [9.17, 15) is 0 Å². The molecule has 0 atom stereocenters. The Balaban J connectivity index is 2.25. The van der Waals surface area contributed by atoms with Crippen LogP contribution >= 0.6 is 0 Å². The summed E-state index contributed by atoms with van der Waals surface area (Å²) >= 11 is 0. The fraction of sp³-hybridized carbons (Fsp3) is 0.167. The maximum Gasteiger partial charge on any atom is 0.143 e. The van der Waals surface area contributed by atoms with Crippen molar-refractivity contribution < 1.29 is 4.74 Å². The molecule has 0 aliphatic heterocycles. The number of aromatic nitrogens is 4. The van der Waals surface area contributed by atoms with Gasteiger partial charge in [-0.1, -0.05) is 0 Å². The molecule has 3 rings (SSSR count). The highest BCUT2D eigenvalue weighted by Gasteiger charge is 2.10. The first kappa shape index (κ1) is 9.89. The van der Waals surface area contributed by atoms with Crippen LogP contribution in [0.3, 0.4) is 0 Å². The zero-order valence-corrected chi connectivity index (χ0v) is 9.66. The zero-order valence-electron chi connectivity index (χ0n) is 9.66. The third kappa shape index (κ3) is 1.56. The molecule has 0 bridgehead atoms. The van der Waals surface area contributed by atoms with Gasteiger partial charge in [-0.05, 0) is 6.07 Å². The number of pyridine rings is 1. The maximum absolute atomic E-state index is 5.40. The molecule has 86 valence electrons. The molecule has 0 unspecified atom stereocenters. The summed E-state index contributed by atoms with van der Waals surface area (Å²) in [7, 11) is 3.56. The van der Waals surface area contributed by atoms with Gasteiger partial charge in [0.05, 0.1) is 19.5 Å². The Bertz CT molecular complexity index is 668. The van der Waals surface area contributed by atoms with Gasteiger partial charge in [0.2, 0.25) is 0 Å². The summed E-state index contributed by atoms with van der Waals surface area (Å²) in [6.45, 7) is 0. The first-order valence-corrected chi connectivity index (χ1v) is 5.27. The molecule has 3 heterocycles. The second-order valence-electron chi connectivity index (χ2n) is 3.85. The van der Waals surface area contributed by atoms with Gasteiger partial charge in [-0.15, -0.1) is 0 Å². The van der Waals surface area contributed by atoms with Gasteiger partial charge in [0.25, 0.3) is 0 Å². The highest BCUT2D eigenvalue weighted by Crippen LogP contribution is 2.30. The van der Waals surface area contributed by atoms with E-state index in [1.807, 2.05) is 42.3 Å². The fourth-order valence-electron chi connectivity index (χ4n) is 1.89. The monoisotopic (exact) mass is 228 g/mol. The molecule has 0 aliphatic carbocycles. The number of fused-ring (bicyclic) bond motifs is 1. The molecule has 0 saturated carbocycles. The average Bonchev–Trinajstić information content (AvgIpc) is 2.94. The Morgan fingerprint density at radius 1 is 1.29 bits per heavy atom. The van der Waals surface area contributed by atoms with Crippen molar-refractivity contribution in [3.8, 4) is 16.9 Å². The molecular weight excluding hydrogens is 216 g/mol. The van der Waals surface area contributed by atoms with Crippen molar-refractivity contribution in [1.29, 1.82) is 0 Å². The Morgan fingerprint density at radius 2 is 2.18 bits per heavy atom. The van der Waals surface area contributed by atoms with Crippen LogP contribution in [0.4, 0.5) is 0 Å². The largest absolute Gasteiger partial charge is 0.495 e. The highest BCUT2D eigenvalue weighted by atomic mass is 16.5. The summed E-state index contributed by atoms with van der Waals surface area (Å²) in [5.74, 6) is 0.809. The first-order chi connectivity index (χ1) is 8.28. The smallest absolute Gasteiger partial charge is 0.143 e. The second-order valence-corrected chi connectivity index (χ2v) is 3.85. The van der Waals surface area contributed by atoms with Gasteiger partial charge in [-0.3, -0.25) is 4.68 Å². The van der Waals surface area contributed by atoms with Crippen molar-refractivity contribution in [2.75, 3.05) is 7.11 Å². The molecule has 0 radical (unpaired) electrons. The number of imidazole rings is 1. The Kier molecular flexibility index (Phi) is 2.11. The molecular formula is C12H12N4O. The molecule has 0 aliphatic rings. The van der Waals surface area contributed by atoms with Gasteiger partial charge in [0.1, 0.15) is 11.4 Å². The van der Waals surface area contributed by atoms with Crippen LogP contribution in [0.15, 0.2) is 37.1 Å². The number of nitrogens with zero attached hydrogens (tertiary/aromatic N) is 4. The number of methoxy groups -OCH3 is 1. The predicted molar refractivity (Wildman–Crippen MR) is 63.9 cm³/mol. The topological polar surface area (TPSA) is 44.4 Å². The normalized spacial score (nSPS) is 10.9. The van der Waals surface area contributed by atoms with E-state index in [0.29, 0.717) is 0 Å². The van der Waals surface area contributed by atoms with Crippen molar-refractivity contribution in [2.45, 2.75) is 0 Å². The Labute approximate surface area is 98.3 Å². The van der Waals surface area contributed by atoms with Crippen molar-refractivity contribution in [3.05, 3.63) is 37.1 Å². The van der Waals surface area contributed by atoms with Gasteiger partial charge in [0, 0.05) is 36.8 Å². The van der Waals surface area contributed by atoms with Crippen LogP contribution < -0.4 is 4.74 Å². The summed E-state index contributed by atoms with van der Waals surface area (Å²) in [5.41, 5.74) is 2.92. The van der Waals surface area contributed by atoms with Crippen molar-refractivity contribution in [2.24, 2.45) is 7.05 Å². The van der Waals surface area contributed by atoms with Gasteiger partial charge in [-0.25, -0.2) is 4.98 Å². The van der Waals surface area contributed by atoms with Crippen LogP contribution in [-0.4, -0.2) is 26.3 Å². The molecule has 0 amide bonds. The molecule has 3 aromatic rings. The minimum absolute atomic E-state index is 0.809. The van der Waals surface area contributed by atoms with Crippen LogP contribution in [0.1, 0.15) is 0 Å². The standard InChI is InChI=1S/C12H12N4O/c1-15-7-9(6-14-15)10-5-12-13-3-4-16(12)8-11(10)17-2/h3-8H,1-2H3. The number of hydrogen-bond acceptors (Lipinski definition) is 3. The van der Waals surface area contributed by atoms with Crippen LogP contribution in [0, 0.1) is 0 Å². The predicted octanol–water partition coefficient (Wildman–Crippen LogP) is 1.74. The molecule has 0 spiro atoms. The van der Waals surface area contributed by atoms with E-state index in [4.69, 9.17) is 4.74 Å². The van der Waals surface area contributed by atoms with E-state index in [1.54, 1.807) is 18.0 Å². The fourth-order valence-corrected chi connectivity index (χ4v) is 1.89. The minimum atomic E-state index is 0.809. The minimum Gasteiger partial charge on any atom is -0.495 e. The molecule has 0 fully saturated rings. The SMILES string of the molecule is COc1cn2ccnc2cc1-c1cnn(C)c1. The molecule has 3 aromatic heterocycles. The van der Waals surface area contributed by atoms with E-state index in [-0.39, 0.29) is 0 Å². The molecule has 0 saturated heterocycles. The number of ether oxygens (including phenoxy) is 1. The van der Waals surface area contributed by atoms with Crippen molar-refractivity contribution >= 4 is 5.65 Å². The van der Waals surface area contributed by atoms with Gasteiger partial charge in [0.15, 0.2) is 0 Å². The summed E-state index contributed by atoms with van der Waals surface area (Å²) in [5, 5.41) is 4.17. The Morgan fingerprint density at radius 3 is 2.88 bits per heavy atom. The summed E-state index contributed by atoms with van der Waals surface area (Å²) in [4.78, 5) is 4.27. The van der Waals surface area contributed by atoms with Crippen molar-refractivity contribution in [1.82, 2.24) is 19.2 Å². The van der Waals surface area contributed by atoms with Gasteiger partial charge >= 0.3 is 0 Å². The summed E-state index contributed by atoms with van der Waals surface area (Å²) < 4.78 is 9.10. The number of hydrogen-bond donors (Lipinski definition) is 0. The lowest BCUT2D eigenvalue weighted by atomic mass is 10.1.